The molecule has 1 aromatic carbocycles. The molecule has 0 unspecified atom stereocenters. The number of nitrogen functional groups attached to an aromatic ring is 1. The van der Waals surface area contributed by atoms with Crippen LogP contribution in [0.5, 0.6) is 0 Å². The van der Waals surface area contributed by atoms with Crippen LogP contribution in [0.4, 0.5) is 10.1 Å². The highest BCUT2D eigenvalue weighted by atomic mass is 79.9. The molecule has 114 valence electrons. The fraction of sp³-hybridized carbons (Fsp3) is 0.500. The van der Waals surface area contributed by atoms with Gasteiger partial charge in [0.15, 0.2) is 0 Å². The molecule has 0 aliphatic heterocycles. The summed E-state index contributed by atoms with van der Waals surface area (Å²) < 4.78 is 44.9. The maximum absolute atomic E-state index is 13.3. The normalized spacial score (nSPS) is 12.3. The minimum atomic E-state index is -3.78. The molecule has 0 saturated carbocycles. The maximum Gasteiger partial charge on any atom is 0.244 e. The smallest absolute Gasteiger partial charge is 0.244 e. The van der Waals surface area contributed by atoms with Crippen molar-refractivity contribution >= 4 is 31.6 Å². The zero-order chi connectivity index (χ0) is 15.5. The third kappa shape index (κ3) is 3.69. The third-order valence-corrected chi connectivity index (χ3v) is 5.76. The number of rotatable bonds is 6. The van der Waals surface area contributed by atoms with Crippen molar-refractivity contribution in [2.24, 2.45) is 0 Å². The second-order valence-corrected chi connectivity index (χ2v) is 7.22. The molecule has 0 aliphatic carbocycles. The Morgan fingerprint density at radius 2 is 2.05 bits per heavy atom. The molecule has 0 spiro atoms. The number of benzene rings is 1. The van der Waals surface area contributed by atoms with Gasteiger partial charge in [0.1, 0.15) is 5.82 Å². The molecule has 0 heterocycles. The van der Waals surface area contributed by atoms with E-state index >= 15 is 0 Å². The van der Waals surface area contributed by atoms with Crippen molar-refractivity contribution in [2.75, 3.05) is 26.0 Å². The molecule has 1 rings (SSSR count). The van der Waals surface area contributed by atoms with Gasteiger partial charge in [-0.3, -0.25) is 0 Å². The minimum Gasteiger partial charge on any atom is -0.396 e. The molecule has 1 aromatic rings. The average Bonchev–Trinajstić information content (AvgIpc) is 2.33. The summed E-state index contributed by atoms with van der Waals surface area (Å²) in [4.78, 5) is -0.0544. The molecule has 0 saturated heterocycles. The Labute approximate surface area is 127 Å². The van der Waals surface area contributed by atoms with Crippen LogP contribution in [0.2, 0.25) is 0 Å². The van der Waals surface area contributed by atoms with Gasteiger partial charge in [-0.15, -0.1) is 0 Å². The summed E-state index contributed by atoms with van der Waals surface area (Å²) >= 11 is 3.07. The van der Waals surface area contributed by atoms with Gasteiger partial charge >= 0.3 is 0 Å². The Kier molecular flexibility index (Phi) is 5.93. The molecular formula is C12H18BrFN2O3S. The van der Waals surface area contributed by atoms with Gasteiger partial charge in [-0.1, -0.05) is 0 Å². The van der Waals surface area contributed by atoms with E-state index in [1.54, 1.807) is 13.8 Å². The first-order valence-corrected chi connectivity index (χ1v) is 8.20. The first kappa shape index (κ1) is 17.4. The second kappa shape index (κ2) is 6.84. The van der Waals surface area contributed by atoms with Gasteiger partial charge in [0, 0.05) is 24.2 Å². The Hall–Kier alpha value is -0.700. The zero-order valence-corrected chi connectivity index (χ0v) is 14.0. The van der Waals surface area contributed by atoms with Gasteiger partial charge in [-0.05, 0) is 41.9 Å². The molecule has 0 aliphatic rings. The Morgan fingerprint density at radius 1 is 1.45 bits per heavy atom. The molecule has 0 fully saturated rings. The summed E-state index contributed by atoms with van der Waals surface area (Å²) in [6.45, 7) is 3.99. The van der Waals surface area contributed by atoms with Crippen molar-refractivity contribution in [2.45, 2.75) is 24.8 Å². The largest absolute Gasteiger partial charge is 0.396 e. The summed E-state index contributed by atoms with van der Waals surface area (Å²) in [5, 5.41) is 0. The number of methoxy groups -OCH3 is 1. The molecule has 0 amide bonds. The van der Waals surface area contributed by atoms with E-state index in [1.165, 1.54) is 11.4 Å². The van der Waals surface area contributed by atoms with Crippen LogP contribution >= 0.6 is 15.9 Å². The molecular weight excluding hydrogens is 351 g/mol. The standard InChI is InChI=1S/C12H18BrFN2O3S/c1-8(2)16(4-5-19-3)20(17,18)12-7-11(15)10(14)6-9(12)13/h6-8H,4-5,15H2,1-3H3. The number of sulfonamides is 1. The van der Waals surface area contributed by atoms with Crippen LogP contribution in [-0.2, 0) is 14.8 Å². The number of hydrogen-bond acceptors (Lipinski definition) is 4. The topological polar surface area (TPSA) is 72.6 Å². The number of nitrogens with zero attached hydrogens (tertiary/aromatic N) is 1. The lowest BCUT2D eigenvalue weighted by Gasteiger charge is -2.26. The van der Waals surface area contributed by atoms with E-state index in [1.807, 2.05) is 0 Å². The first-order valence-electron chi connectivity index (χ1n) is 5.97. The number of nitrogens with two attached hydrogens (primary N) is 1. The average molecular weight is 369 g/mol. The quantitative estimate of drug-likeness (QED) is 0.781. The molecule has 20 heavy (non-hydrogen) atoms. The fourth-order valence-corrected chi connectivity index (χ4v) is 4.34. The van der Waals surface area contributed by atoms with E-state index in [4.69, 9.17) is 10.5 Å². The number of halogens is 2. The van der Waals surface area contributed by atoms with Gasteiger partial charge in [-0.25, -0.2) is 12.8 Å². The van der Waals surface area contributed by atoms with Crippen LogP contribution in [0.3, 0.4) is 0 Å². The van der Waals surface area contributed by atoms with E-state index < -0.39 is 15.8 Å². The summed E-state index contributed by atoms with van der Waals surface area (Å²) in [6, 6.07) is 1.92. The highest BCUT2D eigenvalue weighted by molar-refractivity contribution is 9.10. The fourth-order valence-electron chi connectivity index (χ4n) is 1.71. The zero-order valence-electron chi connectivity index (χ0n) is 11.6. The molecule has 0 radical (unpaired) electrons. The van der Waals surface area contributed by atoms with Crippen LogP contribution < -0.4 is 5.73 Å². The lowest BCUT2D eigenvalue weighted by atomic mass is 10.3. The van der Waals surface area contributed by atoms with Gasteiger partial charge in [0.25, 0.3) is 0 Å². The van der Waals surface area contributed by atoms with Gasteiger partial charge < -0.3 is 10.5 Å². The minimum absolute atomic E-state index is 0.0544. The highest BCUT2D eigenvalue weighted by Crippen LogP contribution is 2.29. The van der Waals surface area contributed by atoms with Gasteiger partial charge in [-0.2, -0.15) is 4.31 Å². The highest BCUT2D eigenvalue weighted by Gasteiger charge is 2.29. The van der Waals surface area contributed by atoms with E-state index in [9.17, 15) is 12.8 Å². The van der Waals surface area contributed by atoms with Crippen LogP contribution in [0, 0.1) is 5.82 Å². The van der Waals surface area contributed by atoms with Crippen LogP contribution in [0.25, 0.3) is 0 Å². The van der Waals surface area contributed by atoms with Crippen LogP contribution in [0.15, 0.2) is 21.5 Å². The number of hydrogen-bond donors (Lipinski definition) is 1. The molecule has 0 aromatic heterocycles. The lowest BCUT2D eigenvalue weighted by Crippen LogP contribution is -2.39. The first-order chi connectivity index (χ1) is 9.21. The predicted molar refractivity (Wildman–Crippen MR) is 79.4 cm³/mol. The number of anilines is 1. The monoisotopic (exact) mass is 368 g/mol. The lowest BCUT2D eigenvalue weighted by molar-refractivity contribution is 0.171. The Morgan fingerprint density at radius 3 is 2.55 bits per heavy atom. The van der Waals surface area contributed by atoms with Crippen molar-refractivity contribution in [3.05, 3.63) is 22.4 Å². The van der Waals surface area contributed by atoms with Crippen LogP contribution in [-0.4, -0.2) is 39.0 Å². The van der Waals surface area contributed by atoms with E-state index in [-0.39, 0.29) is 34.2 Å². The van der Waals surface area contributed by atoms with Crippen molar-refractivity contribution in [1.82, 2.24) is 4.31 Å². The Bertz CT molecular complexity index is 578. The van der Waals surface area contributed by atoms with Gasteiger partial charge in [0.2, 0.25) is 10.0 Å². The molecule has 5 nitrogen and oxygen atoms in total. The molecule has 2 N–H and O–H groups in total. The molecule has 0 atom stereocenters. The van der Waals surface area contributed by atoms with Crippen molar-refractivity contribution in [3.63, 3.8) is 0 Å². The van der Waals surface area contributed by atoms with Crippen LogP contribution in [0.1, 0.15) is 13.8 Å². The maximum atomic E-state index is 13.3. The van der Waals surface area contributed by atoms with E-state index in [2.05, 4.69) is 15.9 Å². The number of ether oxygens (including phenoxy) is 1. The van der Waals surface area contributed by atoms with E-state index in [0.717, 1.165) is 12.1 Å². The SMILES string of the molecule is COCCN(C(C)C)S(=O)(=O)c1cc(N)c(F)cc1Br. The summed E-state index contributed by atoms with van der Waals surface area (Å²) in [5.74, 6) is -0.663. The predicted octanol–water partition coefficient (Wildman–Crippen LogP) is 2.22. The van der Waals surface area contributed by atoms with E-state index in [0.29, 0.717) is 0 Å². The Balaban J connectivity index is 3.29. The summed E-state index contributed by atoms with van der Waals surface area (Å²) in [7, 11) is -2.29. The summed E-state index contributed by atoms with van der Waals surface area (Å²) in [5.41, 5.74) is 5.25. The third-order valence-electron chi connectivity index (χ3n) is 2.73. The molecule has 0 bridgehead atoms. The van der Waals surface area contributed by atoms with Crippen molar-refractivity contribution < 1.29 is 17.5 Å². The summed E-state index contributed by atoms with van der Waals surface area (Å²) in [6.07, 6.45) is 0. The van der Waals surface area contributed by atoms with Crippen molar-refractivity contribution in [3.8, 4) is 0 Å². The second-order valence-electron chi connectivity index (χ2n) is 4.51. The molecule has 8 heteroatoms. The van der Waals surface area contributed by atoms with Crippen molar-refractivity contribution in [1.29, 1.82) is 0 Å². The van der Waals surface area contributed by atoms with Gasteiger partial charge in [0.05, 0.1) is 17.2 Å².